The number of aryl methyl sites for hydroxylation is 1. The van der Waals surface area contributed by atoms with Gasteiger partial charge in [0, 0.05) is 40.5 Å². The summed E-state index contributed by atoms with van der Waals surface area (Å²) in [6.07, 6.45) is 4.21. The van der Waals surface area contributed by atoms with Crippen LogP contribution in [0.4, 0.5) is 5.13 Å². The molecule has 0 radical (unpaired) electrons. The largest absolute Gasteiger partial charge is 0.496 e. The van der Waals surface area contributed by atoms with Crippen LogP contribution in [0.5, 0.6) is 10.9 Å². The molecule has 0 aliphatic carbocycles. The molecule has 13 heteroatoms. The number of rotatable bonds is 8. The predicted molar refractivity (Wildman–Crippen MR) is 137 cm³/mol. The summed E-state index contributed by atoms with van der Waals surface area (Å²) in [5.74, 6) is 0.134. The van der Waals surface area contributed by atoms with Crippen molar-refractivity contribution in [1.82, 2.24) is 20.2 Å². The maximum Gasteiger partial charge on any atom is 0.296 e. The number of benzene rings is 1. The molecule has 1 aromatic carbocycles. The highest BCUT2D eigenvalue weighted by Gasteiger charge is 2.19. The number of aromatic nitrogens is 4. The van der Waals surface area contributed by atoms with Crippen LogP contribution in [0.25, 0.3) is 11.1 Å². The van der Waals surface area contributed by atoms with Crippen molar-refractivity contribution in [3.05, 3.63) is 70.8 Å². The van der Waals surface area contributed by atoms with E-state index >= 15 is 0 Å². The Kier molecular flexibility index (Phi) is 7.48. The van der Waals surface area contributed by atoms with Crippen LogP contribution >= 0.6 is 22.9 Å². The smallest absolute Gasteiger partial charge is 0.296 e. The minimum absolute atomic E-state index is 0.0896. The SMILES string of the molecule is COc1ccc(Cl)cc1-c1cc(C)ncc1C(=O)Nc1nnc(OCc2ccc([S@@](C)(=N)=O)cn2)s1. The molecule has 36 heavy (non-hydrogen) atoms. The van der Waals surface area contributed by atoms with E-state index in [2.05, 4.69) is 25.5 Å². The Morgan fingerprint density at radius 3 is 2.64 bits per heavy atom. The lowest BCUT2D eigenvalue weighted by molar-refractivity contribution is 0.102. The van der Waals surface area contributed by atoms with Gasteiger partial charge in [0.05, 0.1) is 33.0 Å². The van der Waals surface area contributed by atoms with Crippen LogP contribution in [0, 0.1) is 11.7 Å². The number of anilines is 1. The summed E-state index contributed by atoms with van der Waals surface area (Å²) in [6, 6.07) is 10.2. The maximum atomic E-state index is 13.1. The van der Waals surface area contributed by atoms with Gasteiger partial charge in [0.1, 0.15) is 12.4 Å². The number of halogens is 1. The molecule has 2 N–H and O–H groups in total. The molecular weight excluding hydrogens is 524 g/mol. The van der Waals surface area contributed by atoms with Crippen molar-refractivity contribution in [3.8, 4) is 22.1 Å². The molecule has 0 spiro atoms. The Hall–Kier alpha value is -3.61. The third-order valence-corrected chi connectivity index (χ3v) is 7.08. The second-order valence-electron chi connectivity index (χ2n) is 7.66. The molecule has 0 aliphatic heterocycles. The lowest BCUT2D eigenvalue weighted by Gasteiger charge is -2.13. The zero-order chi connectivity index (χ0) is 25.9. The zero-order valence-corrected chi connectivity index (χ0v) is 21.8. The van der Waals surface area contributed by atoms with Crippen LogP contribution in [0.15, 0.2) is 53.7 Å². The molecule has 4 aromatic rings. The second-order valence-corrected chi connectivity index (χ2v) is 11.2. The van der Waals surface area contributed by atoms with Gasteiger partial charge in [0.15, 0.2) is 0 Å². The molecule has 0 aliphatic rings. The molecule has 0 saturated carbocycles. The molecule has 0 bridgehead atoms. The highest BCUT2D eigenvalue weighted by molar-refractivity contribution is 7.91. The van der Waals surface area contributed by atoms with Gasteiger partial charge in [-0.05, 0) is 54.7 Å². The monoisotopic (exact) mass is 544 g/mol. The lowest BCUT2D eigenvalue weighted by atomic mass is 9.99. The first-order valence-electron chi connectivity index (χ1n) is 10.4. The van der Waals surface area contributed by atoms with Crippen molar-refractivity contribution in [2.75, 3.05) is 18.7 Å². The van der Waals surface area contributed by atoms with E-state index in [1.807, 2.05) is 6.92 Å². The van der Waals surface area contributed by atoms with E-state index in [1.54, 1.807) is 43.5 Å². The summed E-state index contributed by atoms with van der Waals surface area (Å²) in [5.41, 5.74) is 2.86. The second kappa shape index (κ2) is 10.6. The van der Waals surface area contributed by atoms with Gasteiger partial charge in [-0.15, -0.1) is 5.10 Å². The Bertz CT molecular complexity index is 1520. The number of hydrogen-bond donors (Lipinski definition) is 2. The van der Waals surface area contributed by atoms with Crippen molar-refractivity contribution in [2.24, 2.45) is 0 Å². The third-order valence-electron chi connectivity index (χ3n) is 4.95. The fraction of sp³-hybridized carbons (Fsp3) is 0.174. The fourth-order valence-corrected chi connectivity index (χ4v) is 4.54. The quantitative estimate of drug-likeness (QED) is 0.321. The number of carbonyl (C=O) groups excluding carboxylic acids is 1. The molecule has 3 heterocycles. The van der Waals surface area contributed by atoms with Crippen molar-refractivity contribution in [3.63, 3.8) is 0 Å². The summed E-state index contributed by atoms with van der Waals surface area (Å²) in [5, 5.41) is 11.6. The number of nitrogens with one attached hydrogen (secondary N) is 2. The number of carbonyl (C=O) groups is 1. The molecule has 3 aromatic heterocycles. The van der Waals surface area contributed by atoms with Crippen molar-refractivity contribution in [2.45, 2.75) is 18.4 Å². The minimum Gasteiger partial charge on any atom is -0.496 e. The van der Waals surface area contributed by atoms with E-state index in [0.717, 1.165) is 17.0 Å². The number of amides is 1. The Morgan fingerprint density at radius 2 is 1.94 bits per heavy atom. The topological polar surface area (TPSA) is 140 Å². The Labute approximate surface area is 216 Å². The summed E-state index contributed by atoms with van der Waals surface area (Å²) in [6.45, 7) is 1.92. The van der Waals surface area contributed by atoms with Crippen LogP contribution in [0.1, 0.15) is 21.7 Å². The molecule has 186 valence electrons. The van der Waals surface area contributed by atoms with Crippen LogP contribution < -0.4 is 14.8 Å². The molecular formula is C23H21ClN6O4S2. The molecule has 1 atom stereocenters. The van der Waals surface area contributed by atoms with E-state index in [9.17, 15) is 9.00 Å². The van der Waals surface area contributed by atoms with Crippen molar-refractivity contribution >= 4 is 43.7 Å². The molecule has 0 unspecified atom stereocenters. The standard InChI is InChI=1S/C23H21ClN6O4S2/c1-13-8-17(18-9-14(24)4-7-20(18)33-2)19(11-26-13)21(31)28-22-29-30-23(35-22)34-12-15-5-6-16(10-27-15)36(3,25)32/h4-11,25H,12H2,1-3H3,(H,28,29,31)/t36-/m0/s1. The van der Waals surface area contributed by atoms with Crippen LogP contribution in [0.3, 0.4) is 0 Å². The predicted octanol–water partition coefficient (Wildman–Crippen LogP) is 4.83. The van der Waals surface area contributed by atoms with Gasteiger partial charge in [0.2, 0.25) is 5.13 Å². The number of nitrogens with zero attached hydrogens (tertiary/aromatic N) is 4. The first kappa shape index (κ1) is 25.5. The summed E-state index contributed by atoms with van der Waals surface area (Å²) >= 11 is 7.25. The van der Waals surface area contributed by atoms with Gasteiger partial charge in [0.25, 0.3) is 11.1 Å². The average molecular weight is 545 g/mol. The van der Waals surface area contributed by atoms with Gasteiger partial charge in [-0.2, -0.15) is 0 Å². The normalized spacial score (nSPS) is 12.6. The summed E-state index contributed by atoms with van der Waals surface area (Å²) < 4.78 is 30.4. The van der Waals surface area contributed by atoms with Crippen LogP contribution in [-0.2, 0) is 16.3 Å². The fourth-order valence-electron chi connectivity index (χ4n) is 3.20. The van der Waals surface area contributed by atoms with E-state index in [1.165, 1.54) is 18.6 Å². The number of ether oxygens (including phenoxy) is 2. The first-order chi connectivity index (χ1) is 17.1. The highest BCUT2D eigenvalue weighted by atomic mass is 35.5. The lowest BCUT2D eigenvalue weighted by Crippen LogP contribution is -2.14. The van der Waals surface area contributed by atoms with Crippen molar-refractivity contribution in [1.29, 1.82) is 4.78 Å². The van der Waals surface area contributed by atoms with E-state index in [-0.39, 0.29) is 16.9 Å². The maximum absolute atomic E-state index is 13.1. The van der Waals surface area contributed by atoms with Gasteiger partial charge in [-0.25, -0.2) is 8.99 Å². The van der Waals surface area contributed by atoms with Gasteiger partial charge in [-0.1, -0.05) is 16.7 Å². The van der Waals surface area contributed by atoms with Gasteiger partial charge in [-0.3, -0.25) is 20.1 Å². The summed E-state index contributed by atoms with van der Waals surface area (Å²) in [7, 11) is -1.28. The van der Waals surface area contributed by atoms with Crippen LogP contribution in [-0.4, -0.2) is 43.6 Å². The summed E-state index contributed by atoms with van der Waals surface area (Å²) in [4.78, 5) is 21.9. The number of methoxy groups -OCH3 is 1. The minimum atomic E-state index is -2.83. The van der Waals surface area contributed by atoms with Gasteiger partial charge < -0.3 is 9.47 Å². The molecule has 0 fully saturated rings. The average Bonchev–Trinajstić information content (AvgIpc) is 3.29. The Morgan fingerprint density at radius 1 is 1.14 bits per heavy atom. The highest BCUT2D eigenvalue weighted by Crippen LogP contribution is 2.35. The number of pyridine rings is 2. The number of hydrogen-bond acceptors (Lipinski definition) is 10. The van der Waals surface area contributed by atoms with E-state index < -0.39 is 15.6 Å². The molecule has 1 amide bonds. The van der Waals surface area contributed by atoms with Crippen LogP contribution in [0.2, 0.25) is 5.02 Å². The van der Waals surface area contributed by atoms with Crippen molar-refractivity contribution < 1.29 is 18.5 Å². The van der Waals surface area contributed by atoms with Gasteiger partial charge >= 0.3 is 0 Å². The molecule has 4 rings (SSSR count). The Balaban J connectivity index is 1.49. The molecule has 10 nitrogen and oxygen atoms in total. The molecule has 0 saturated heterocycles. The van der Waals surface area contributed by atoms with E-state index in [0.29, 0.717) is 38.1 Å². The van der Waals surface area contributed by atoms with E-state index in [4.69, 9.17) is 25.9 Å². The third kappa shape index (κ3) is 5.96. The zero-order valence-electron chi connectivity index (χ0n) is 19.4. The first-order valence-corrected chi connectivity index (χ1v) is 13.6.